The predicted octanol–water partition coefficient (Wildman–Crippen LogP) is 5.11. The predicted molar refractivity (Wildman–Crippen MR) is 133 cm³/mol. The molecule has 0 unspecified atom stereocenters. The van der Waals surface area contributed by atoms with Crippen molar-refractivity contribution in [2.24, 2.45) is 5.73 Å². The number of fused-ring (bicyclic) bond motifs is 1. The van der Waals surface area contributed by atoms with Crippen molar-refractivity contribution in [3.63, 3.8) is 0 Å². The summed E-state index contributed by atoms with van der Waals surface area (Å²) in [4.78, 5) is 5.05. The van der Waals surface area contributed by atoms with Crippen LogP contribution in [0.25, 0.3) is 16.8 Å². The summed E-state index contributed by atoms with van der Waals surface area (Å²) in [6.45, 7) is 2.61. The topological polar surface area (TPSA) is 103 Å². The molecule has 2 aromatic heterocycles. The lowest BCUT2D eigenvalue weighted by molar-refractivity contribution is 0.340. The van der Waals surface area contributed by atoms with E-state index >= 15 is 0 Å². The van der Waals surface area contributed by atoms with E-state index in [-0.39, 0.29) is 0 Å². The number of nitrogen functional groups attached to an aromatic ring is 1. The minimum absolute atomic E-state index is 0.300. The van der Waals surface area contributed by atoms with E-state index in [4.69, 9.17) is 21.2 Å². The van der Waals surface area contributed by atoms with Gasteiger partial charge in [-0.05, 0) is 62.4 Å². The van der Waals surface area contributed by atoms with Crippen LogP contribution < -0.4 is 21.5 Å². The minimum Gasteiger partial charge on any atom is -0.494 e. The average molecular weight is 443 g/mol. The first-order chi connectivity index (χ1) is 16.1. The first-order valence-electron chi connectivity index (χ1n) is 11.6. The molecule has 1 aliphatic rings. The monoisotopic (exact) mass is 442 g/mol. The highest BCUT2D eigenvalue weighted by Gasteiger charge is 2.25. The Bertz CT molecular complexity index is 1230. The molecule has 0 atom stereocenters. The highest BCUT2D eigenvalue weighted by Crippen LogP contribution is 2.39. The summed E-state index contributed by atoms with van der Waals surface area (Å²) in [5.74, 6) is 1.69. The van der Waals surface area contributed by atoms with Crippen LogP contribution >= 0.6 is 0 Å². The molecule has 1 fully saturated rings. The van der Waals surface area contributed by atoms with Gasteiger partial charge in [-0.1, -0.05) is 30.3 Å². The number of benzene rings is 2. The molecule has 0 saturated heterocycles. The van der Waals surface area contributed by atoms with Gasteiger partial charge >= 0.3 is 0 Å². The van der Waals surface area contributed by atoms with Crippen LogP contribution in [0.3, 0.4) is 0 Å². The number of nitrogens with one attached hydrogen (secondary N) is 1. The highest BCUT2D eigenvalue weighted by atomic mass is 16.5. The van der Waals surface area contributed by atoms with Crippen molar-refractivity contribution in [2.45, 2.75) is 44.6 Å². The van der Waals surface area contributed by atoms with Gasteiger partial charge in [0.2, 0.25) is 0 Å². The van der Waals surface area contributed by atoms with Crippen molar-refractivity contribution in [3.8, 4) is 16.9 Å². The molecule has 2 aromatic carbocycles. The number of aromatic nitrogens is 3. The van der Waals surface area contributed by atoms with Gasteiger partial charge in [0.1, 0.15) is 5.75 Å². The fourth-order valence-electron chi connectivity index (χ4n) is 4.61. The van der Waals surface area contributed by atoms with E-state index in [9.17, 15) is 0 Å². The molecule has 4 aromatic rings. The van der Waals surface area contributed by atoms with E-state index in [0.717, 1.165) is 65.3 Å². The van der Waals surface area contributed by atoms with Crippen LogP contribution in [0, 0.1) is 0 Å². The van der Waals surface area contributed by atoms with Gasteiger partial charge in [0, 0.05) is 17.6 Å². The number of ether oxygens (including phenoxy) is 1. The minimum atomic E-state index is 0.300. The fourth-order valence-corrected chi connectivity index (χ4v) is 4.61. The van der Waals surface area contributed by atoms with E-state index in [0.29, 0.717) is 24.4 Å². The van der Waals surface area contributed by atoms with Gasteiger partial charge in [-0.25, -0.2) is 9.50 Å². The van der Waals surface area contributed by atoms with Gasteiger partial charge < -0.3 is 21.5 Å². The third-order valence-corrected chi connectivity index (χ3v) is 6.34. The van der Waals surface area contributed by atoms with Crippen LogP contribution in [0.2, 0.25) is 0 Å². The van der Waals surface area contributed by atoms with Gasteiger partial charge in [-0.15, -0.1) is 5.10 Å². The van der Waals surface area contributed by atoms with Crippen LogP contribution in [-0.2, 0) is 0 Å². The number of nitrogens with zero attached hydrogens (tertiary/aromatic N) is 3. The average Bonchev–Trinajstić information content (AvgIpc) is 3.25. The number of anilines is 3. The van der Waals surface area contributed by atoms with Crippen LogP contribution in [-0.4, -0.2) is 27.2 Å². The molecule has 170 valence electrons. The zero-order valence-corrected chi connectivity index (χ0v) is 18.9. The number of rotatable bonds is 6. The van der Waals surface area contributed by atoms with Gasteiger partial charge in [-0.3, -0.25) is 0 Å². The molecule has 0 aliphatic heterocycles. The van der Waals surface area contributed by atoms with Gasteiger partial charge in [0.05, 0.1) is 29.7 Å². The molecular formula is C26H30N6O. The van der Waals surface area contributed by atoms with E-state index in [1.54, 1.807) is 0 Å². The van der Waals surface area contributed by atoms with E-state index in [2.05, 4.69) is 10.4 Å². The summed E-state index contributed by atoms with van der Waals surface area (Å²) in [7, 11) is 0. The third-order valence-electron chi connectivity index (χ3n) is 6.34. The largest absolute Gasteiger partial charge is 0.494 e. The molecule has 1 saturated carbocycles. The van der Waals surface area contributed by atoms with Crippen LogP contribution in [0.5, 0.6) is 5.75 Å². The highest BCUT2D eigenvalue weighted by molar-refractivity contribution is 5.94. The molecule has 0 spiro atoms. The van der Waals surface area contributed by atoms with Gasteiger partial charge in [0.25, 0.3) is 0 Å². The second-order valence-corrected chi connectivity index (χ2v) is 8.63. The third kappa shape index (κ3) is 4.36. The van der Waals surface area contributed by atoms with Crippen LogP contribution in [0.15, 0.2) is 60.8 Å². The maximum atomic E-state index is 6.51. The van der Waals surface area contributed by atoms with E-state index in [1.807, 2.05) is 72.2 Å². The summed E-state index contributed by atoms with van der Waals surface area (Å²) < 4.78 is 7.40. The summed E-state index contributed by atoms with van der Waals surface area (Å²) in [6.07, 6.45) is 6.17. The number of hydrogen-bond donors (Lipinski definition) is 3. The smallest absolute Gasteiger partial charge is 0.178 e. The molecule has 5 rings (SSSR count). The summed E-state index contributed by atoms with van der Waals surface area (Å²) in [5, 5.41) is 8.24. The molecule has 2 heterocycles. The van der Waals surface area contributed by atoms with Gasteiger partial charge in [0.15, 0.2) is 11.5 Å². The second kappa shape index (κ2) is 9.11. The van der Waals surface area contributed by atoms with Crippen molar-refractivity contribution in [1.29, 1.82) is 0 Å². The molecule has 1 aliphatic carbocycles. The van der Waals surface area contributed by atoms with Crippen molar-refractivity contribution in [1.82, 2.24) is 14.6 Å². The number of imidazole rings is 1. The molecule has 0 amide bonds. The zero-order chi connectivity index (χ0) is 22.8. The van der Waals surface area contributed by atoms with Gasteiger partial charge in [-0.2, -0.15) is 0 Å². The van der Waals surface area contributed by atoms with Crippen molar-refractivity contribution in [3.05, 3.63) is 66.5 Å². The van der Waals surface area contributed by atoms with Crippen molar-refractivity contribution < 1.29 is 4.74 Å². The van der Waals surface area contributed by atoms with Crippen molar-refractivity contribution >= 4 is 22.8 Å². The Balaban J connectivity index is 1.61. The van der Waals surface area contributed by atoms with E-state index in [1.165, 1.54) is 0 Å². The first-order valence-corrected chi connectivity index (χ1v) is 11.6. The normalized spacial score (nSPS) is 18.4. The summed E-state index contributed by atoms with van der Waals surface area (Å²) in [6, 6.07) is 18.3. The lowest BCUT2D eigenvalue weighted by Gasteiger charge is -2.24. The first kappa shape index (κ1) is 21.3. The molecule has 33 heavy (non-hydrogen) atoms. The fraction of sp³-hybridized carbons (Fsp3) is 0.308. The standard InChI is InChI=1S/C26H30N6O/c1-2-33-21-14-12-20(13-15-21)29-24-23(18-6-4-3-5-7-18)25(28)31-32-16-22(30-26(24)32)17-8-10-19(27)11-9-17/h3-7,12-17,19,29H,2,8-11,27H2,1H3,(H2,28,31)/t17-,19+. The Morgan fingerprint density at radius 2 is 1.76 bits per heavy atom. The Morgan fingerprint density at radius 3 is 2.45 bits per heavy atom. The SMILES string of the molecule is CCOc1ccc(Nc2c(-c3ccccc3)c(N)nn3cc([C@H]4CC[C@@H](N)CC4)nc23)cc1. The van der Waals surface area contributed by atoms with E-state index < -0.39 is 0 Å². The van der Waals surface area contributed by atoms with Crippen LogP contribution in [0.1, 0.15) is 44.2 Å². The number of hydrogen-bond acceptors (Lipinski definition) is 6. The quantitative estimate of drug-likeness (QED) is 0.384. The van der Waals surface area contributed by atoms with Crippen molar-refractivity contribution in [2.75, 3.05) is 17.7 Å². The lowest BCUT2D eigenvalue weighted by atomic mass is 9.85. The summed E-state index contributed by atoms with van der Waals surface area (Å²) >= 11 is 0. The molecule has 7 nitrogen and oxygen atoms in total. The summed E-state index contributed by atoms with van der Waals surface area (Å²) in [5.41, 5.74) is 18.1. The lowest BCUT2D eigenvalue weighted by Crippen LogP contribution is -2.25. The number of nitrogens with two attached hydrogens (primary N) is 2. The molecule has 0 radical (unpaired) electrons. The Hall–Kier alpha value is -3.58. The Kier molecular flexibility index (Phi) is 5.88. The van der Waals surface area contributed by atoms with Crippen LogP contribution in [0.4, 0.5) is 17.2 Å². The Labute approximate surface area is 193 Å². The molecule has 7 heteroatoms. The second-order valence-electron chi connectivity index (χ2n) is 8.63. The zero-order valence-electron chi connectivity index (χ0n) is 18.9. The molecule has 5 N–H and O–H groups in total. The molecular weight excluding hydrogens is 412 g/mol. The Morgan fingerprint density at radius 1 is 1.03 bits per heavy atom. The maximum absolute atomic E-state index is 6.51. The maximum Gasteiger partial charge on any atom is 0.178 e. The molecule has 0 bridgehead atoms.